The van der Waals surface area contributed by atoms with Crippen molar-refractivity contribution < 1.29 is 0 Å². The van der Waals surface area contributed by atoms with E-state index in [1.165, 1.54) is 0 Å². The highest BCUT2D eigenvalue weighted by Gasteiger charge is 2.08. The third-order valence-corrected chi connectivity index (χ3v) is 2.70. The minimum Gasteiger partial charge on any atom is -0.377 e. The molecule has 0 bridgehead atoms. The Balaban J connectivity index is 2.11. The fourth-order valence-corrected chi connectivity index (χ4v) is 1.77. The predicted molar refractivity (Wildman–Crippen MR) is 66.4 cm³/mol. The van der Waals surface area contributed by atoms with Crippen LogP contribution in [-0.2, 0) is 7.05 Å². The molecule has 0 fully saturated rings. The molecule has 0 aliphatic carbocycles. The SMILES string of the molecule is CC(Nc1ccc(C#N)cc1)c1ccnn1C. The van der Waals surface area contributed by atoms with Crippen LogP contribution in [0.1, 0.15) is 24.2 Å². The summed E-state index contributed by atoms with van der Waals surface area (Å²) >= 11 is 0. The predicted octanol–water partition coefficient (Wildman–Crippen LogP) is 2.46. The Hall–Kier alpha value is -2.28. The molecule has 0 saturated heterocycles. The summed E-state index contributed by atoms with van der Waals surface area (Å²) in [5.41, 5.74) is 2.79. The monoisotopic (exact) mass is 226 g/mol. The quantitative estimate of drug-likeness (QED) is 0.874. The molecule has 1 aromatic heterocycles. The normalized spacial score (nSPS) is 11.8. The number of nitrogens with zero attached hydrogens (tertiary/aromatic N) is 3. The van der Waals surface area contributed by atoms with Crippen molar-refractivity contribution in [1.82, 2.24) is 9.78 Å². The fraction of sp³-hybridized carbons (Fsp3) is 0.231. The van der Waals surface area contributed by atoms with Crippen LogP contribution in [0.2, 0.25) is 0 Å². The lowest BCUT2D eigenvalue weighted by atomic mass is 10.2. The van der Waals surface area contributed by atoms with E-state index in [1.807, 2.05) is 29.9 Å². The lowest BCUT2D eigenvalue weighted by molar-refractivity contribution is 0.676. The number of nitrogens with one attached hydrogen (secondary N) is 1. The van der Waals surface area contributed by atoms with Gasteiger partial charge in [0.15, 0.2) is 0 Å². The van der Waals surface area contributed by atoms with Crippen LogP contribution < -0.4 is 5.32 Å². The first kappa shape index (κ1) is 11.2. The molecule has 17 heavy (non-hydrogen) atoms. The Morgan fingerprint density at radius 1 is 1.29 bits per heavy atom. The molecule has 4 heteroatoms. The summed E-state index contributed by atoms with van der Waals surface area (Å²) in [6, 6.07) is 11.7. The highest BCUT2D eigenvalue weighted by molar-refractivity contribution is 5.48. The summed E-state index contributed by atoms with van der Waals surface area (Å²) in [7, 11) is 1.92. The van der Waals surface area contributed by atoms with Crippen LogP contribution in [0.5, 0.6) is 0 Å². The third-order valence-electron chi connectivity index (χ3n) is 2.70. The van der Waals surface area contributed by atoms with Crippen molar-refractivity contribution in [2.45, 2.75) is 13.0 Å². The number of aryl methyl sites for hydroxylation is 1. The van der Waals surface area contributed by atoms with Crippen LogP contribution in [0, 0.1) is 11.3 Å². The Labute approximate surface area is 100 Å². The molecule has 2 aromatic rings. The molecule has 0 spiro atoms. The van der Waals surface area contributed by atoms with E-state index in [0.717, 1.165) is 11.4 Å². The van der Waals surface area contributed by atoms with E-state index < -0.39 is 0 Å². The average Bonchev–Trinajstić information content (AvgIpc) is 2.76. The lowest BCUT2D eigenvalue weighted by Gasteiger charge is -2.15. The van der Waals surface area contributed by atoms with Crippen LogP contribution in [0.15, 0.2) is 36.5 Å². The number of nitriles is 1. The van der Waals surface area contributed by atoms with Crippen LogP contribution >= 0.6 is 0 Å². The molecule has 2 rings (SSSR count). The van der Waals surface area contributed by atoms with Gasteiger partial charge in [0.25, 0.3) is 0 Å². The van der Waals surface area contributed by atoms with E-state index in [-0.39, 0.29) is 6.04 Å². The second-order valence-corrected chi connectivity index (χ2v) is 3.93. The summed E-state index contributed by atoms with van der Waals surface area (Å²) in [5.74, 6) is 0. The molecule has 1 N–H and O–H groups in total. The number of hydrogen-bond donors (Lipinski definition) is 1. The van der Waals surface area contributed by atoms with Gasteiger partial charge in [-0.2, -0.15) is 10.4 Å². The maximum absolute atomic E-state index is 8.71. The molecule has 4 nitrogen and oxygen atoms in total. The van der Waals surface area contributed by atoms with Gasteiger partial charge in [0.05, 0.1) is 23.4 Å². The second kappa shape index (κ2) is 4.71. The molecular formula is C13H14N4. The summed E-state index contributed by atoms with van der Waals surface area (Å²) < 4.78 is 1.85. The maximum atomic E-state index is 8.71. The first-order chi connectivity index (χ1) is 8.20. The summed E-state index contributed by atoms with van der Waals surface area (Å²) in [6.07, 6.45) is 1.78. The smallest absolute Gasteiger partial charge is 0.0991 e. The van der Waals surface area contributed by atoms with Crippen molar-refractivity contribution in [3.8, 4) is 6.07 Å². The van der Waals surface area contributed by atoms with Crippen LogP contribution in [0.4, 0.5) is 5.69 Å². The van der Waals surface area contributed by atoms with Gasteiger partial charge < -0.3 is 5.32 Å². The summed E-state index contributed by atoms with van der Waals surface area (Å²) in [4.78, 5) is 0. The van der Waals surface area contributed by atoms with Gasteiger partial charge in [0.1, 0.15) is 0 Å². The van der Waals surface area contributed by atoms with Crippen molar-refractivity contribution in [2.75, 3.05) is 5.32 Å². The van der Waals surface area contributed by atoms with E-state index in [0.29, 0.717) is 5.56 Å². The van der Waals surface area contributed by atoms with Gasteiger partial charge in [-0.25, -0.2) is 0 Å². The Bertz CT molecular complexity index is 533. The number of anilines is 1. The van der Waals surface area contributed by atoms with E-state index in [1.54, 1.807) is 18.3 Å². The van der Waals surface area contributed by atoms with Crippen molar-refractivity contribution in [1.29, 1.82) is 5.26 Å². The number of aromatic nitrogens is 2. The highest BCUT2D eigenvalue weighted by Crippen LogP contribution is 2.18. The van der Waals surface area contributed by atoms with E-state index in [2.05, 4.69) is 23.4 Å². The van der Waals surface area contributed by atoms with Crippen molar-refractivity contribution in [2.24, 2.45) is 7.05 Å². The first-order valence-electron chi connectivity index (χ1n) is 5.45. The van der Waals surface area contributed by atoms with Crippen molar-refractivity contribution in [3.63, 3.8) is 0 Å². The van der Waals surface area contributed by atoms with Gasteiger partial charge in [0.2, 0.25) is 0 Å². The Morgan fingerprint density at radius 2 is 2.00 bits per heavy atom. The third kappa shape index (κ3) is 2.45. The molecule has 86 valence electrons. The fourth-order valence-electron chi connectivity index (χ4n) is 1.77. The molecule has 0 amide bonds. The Morgan fingerprint density at radius 3 is 2.53 bits per heavy atom. The maximum Gasteiger partial charge on any atom is 0.0991 e. The summed E-state index contributed by atoms with van der Waals surface area (Å²) in [5, 5.41) is 16.2. The standard InChI is InChI=1S/C13H14N4/c1-10(13-7-8-15-17(13)2)16-12-5-3-11(9-14)4-6-12/h3-8,10,16H,1-2H3. The van der Waals surface area contributed by atoms with Crippen LogP contribution in [0.3, 0.4) is 0 Å². The highest BCUT2D eigenvalue weighted by atomic mass is 15.3. The molecule has 0 aliphatic heterocycles. The molecule has 1 aromatic carbocycles. The summed E-state index contributed by atoms with van der Waals surface area (Å²) in [6.45, 7) is 2.08. The molecular weight excluding hydrogens is 212 g/mol. The zero-order valence-electron chi connectivity index (χ0n) is 9.88. The topological polar surface area (TPSA) is 53.6 Å². The molecule has 1 unspecified atom stereocenters. The number of hydrogen-bond acceptors (Lipinski definition) is 3. The minimum absolute atomic E-state index is 0.176. The van der Waals surface area contributed by atoms with Gasteiger partial charge >= 0.3 is 0 Å². The minimum atomic E-state index is 0.176. The molecule has 0 aliphatic rings. The van der Waals surface area contributed by atoms with Gasteiger partial charge in [-0.1, -0.05) is 0 Å². The molecule has 1 atom stereocenters. The van der Waals surface area contributed by atoms with Crippen molar-refractivity contribution >= 4 is 5.69 Å². The largest absolute Gasteiger partial charge is 0.377 e. The van der Waals surface area contributed by atoms with Gasteiger partial charge in [-0.15, -0.1) is 0 Å². The zero-order chi connectivity index (χ0) is 12.3. The molecule has 1 heterocycles. The van der Waals surface area contributed by atoms with Gasteiger partial charge in [-0.05, 0) is 37.3 Å². The van der Waals surface area contributed by atoms with Crippen molar-refractivity contribution in [3.05, 3.63) is 47.8 Å². The van der Waals surface area contributed by atoms with Gasteiger partial charge in [0, 0.05) is 18.9 Å². The van der Waals surface area contributed by atoms with E-state index in [9.17, 15) is 0 Å². The molecule has 0 radical (unpaired) electrons. The van der Waals surface area contributed by atoms with Crippen LogP contribution in [-0.4, -0.2) is 9.78 Å². The zero-order valence-corrected chi connectivity index (χ0v) is 9.88. The molecule has 0 saturated carbocycles. The van der Waals surface area contributed by atoms with E-state index in [4.69, 9.17) is 5.26 Å². The number of rotatable bonds is 3. The van der Waals surface area contributed by atoms with E-state index >= 15 is 0 Å². The second-order valence-electron chi connectivity index (χ2n) is 3.93. The van der Waals surface area contributed by atoms with Crippen LogP contribution in [0.25, 0.3) is 0 Å². The first-order valence-corrected chi connectivity index (χ1v) is 5.45. The number of benzene rings is 1. The average molecular weight is 226 g/mol. The van der Waals surface area contributed by atoms with Gasteiger partial charge in [-0.3, -0.25) is 4.68 Å². The lowest BCUT2D eigenvalue weighted by Crippen LogP contribution is -2.11. The Kier molecular flexibility index (Phi) is 3.10.